The number of methoxy groups -OCH3 is 1. The van der Waals surface area contributed by atoms with Gasteiger partial charge in [0.05, 0.1) is 30.4 Å². The summed E-state index contributed by atoms with van der Waals surface area (Å²) in [5, 5.41) is 10.9. The van der Waals surface area contributed by atoms with E-state index in [1.807, 2.05) is 0 Å². The van der Waals surface area contributed by atoms with Gasteiger partial charge in [-0.1, -0.05) is 12.1 Å². The van der Waals surface area contributed by atoms with Gasteiger partial charge < -0.3 is 19.5 Å². The van der Waals surface area contributed by atoms with Crippen molar-refractivity contribution in [1.29, 1.82) is 0 Å². The standard InChI is InChI=1S/C24H22FNO6/c1-31-24(30)16-6-4-14(5-7-16)20-19(21(27)15-8-10-17(25)11-9-15)22(28)23(29)26(20)13-18-3-2-12-32-18/h4-11,18,20,27H,2-3,12-13H2,1H3. The van der Waals surface area contributed by atoms with Gasteiger partial charge in [0.1, 0.15) is 11.6 Å². The lowest BCUT2D eigenvalue weighted by Gasteiger charge is -2.27. The van der Waals surface area contributed by atoms with E-state index in [0.717, 1.165) is 25.0 Å². The second kappa shape index (κ2) is 8.92. The molecule has 32 heavy (non-hydrogen) atoms. The molecular formula is C24H22FNO6. The zero-order valence-corrected chi connectivity index (χ0v) is 17.4. The molecule has 1 amide bonds. The molecule has 0 aliphatic carbocycles. The highest BCUT2D eigenvalue weighted by molar-refractivity contribution is 6.46. The molecule has 2 aromatic rings. The second-order valence-corrected chi connectivity index (χ2v) is 7.71. The van der Waals surface area contributed by atoms with Crippen molar-refractivity contribution in [3.8, 4) is 0 Å². The van der Waals surface area contributed by atoms with Gasteiger partial charge in [0, 0.05) is 18.7 Å². The van der Waals surface area contributed by atoms with Crippen LogP contribution in [0.5, 0.6) is 0 Å². The number of nitrogens with zero attached hydrogens (tertiary/aromatic N) is 1. The Morgan fingerprint density at radius 1 is 1.12 bits per heavy atom. The maximum Gasteiger partial charge on any atom is 0.337 e. The van der Waals surface area contributed by atoms with Crippen molar-refractivity contribution in [3.05, 3.63) is 76.6 Å². The minimum Gasteiger partial charge on any atom is -0.507 e. The Morgan fingerprint density at radius 2 is 1.78 bits per heavy atom. The van der Waals surface area contributed by atoms with E-state index in [1.54, 1.807) is 12.1 Å². The SMILES string of the molecule is COC(=O)c1ccc(C2C(=C(O)c3ccc(F)cc3)C(=O)C(=O)N2CC2CCCO2)cc1. The Bertz CT molecular complexity index is 1070. The summed E-state index contributed by atoms with van der Waals surface area (Å²) in [6, 6.07) is 10.4. The quantitative estimate of drug-likeness (QED) is 0.333. The summed E-state index contributed by atoms with van der Waals surface area (Å²) in [6.45, 7) is 0.775. The van der Waals surface area contributed by atoms with Crippen LogP contribution in [0, 0.1) is 5.82 Å². The van der Waals surface area contributed by atoms with E-state index in [1.165, 1.54) is 36.3 Å². The number of carbonyl (C=O) groups is 3. The molecule has 166 valence electrons. The third kappa shape index (κ3) is 4.01. The number of aliphatic hydroxyl groups is 1. The lowest BCUT2D eigenvalue weighted by atomic mass is 9.94. The Kier molecular flexibility index (Phi) is 6.05. The van der Waals surface area contributed by atoms with Crippen LogP contribution in [0.4, 0.5) is 4.39 Å². The molecule has 7 nitrogen and oxygen atoms in total. The number of ether oxygens (including phenoxy) is 2. The molecule has 2 aliphatic heterocycles. The first-order valence-electron chi connectivity index (χ1n) is 10.2. The maximum absolute atomic E-state index is 13.4. The van der Waals surface area contributed by atoms with E-state index in [-0.39, 0.29) is 29.5 Å². The molecule has 4 rings (SSSR count). The van der Waals surface area contributed by atoms with Crippen molar-refractivity contribution in [1.82, 2.24) is 4.90 Å². The van der Waals surface area contributed by atoms with Crippen LogP contribution in [-0.2, 0) is 19.1 Å². The third-order valence-electron chi connectivity index (χ3n) is 5.73. The van der Waals surface area contributed by atoms with Gasteiger partial charge >= 0.3 is 5.97 Å². The number of halogens is 1. The maximum atomic E-state index is 13.4. The summed E-state index contributed by atoms with van der Waals surface area (Å²) in [5.41, 5.74) is 0.979. The van der Waals surface area contributed by atoms with Crippen molar-refractivity contribution in [2.24, 2.45) is 0 Å². The Labute approximate surface area is 184 Å². The summed E-state index contributed by atoms with van der Waals surface area (Å²) in [4.78, 5) is 39.1. The topological polar surface area (TPSA) is 93.1 Å². The summed E-state index contributed by atoms with van der Waals surface area (Å²) in [5.74, 6) is -2.97. The Hall–Kier alpha value is -3.52. The molecule has 2 fully saturated rings. The van der Waals surface area contributed by atoms with Crippen molar-refractivity contribution < 1.29 is 33.4 Å². The molecule has 0 aromatic heterocycles. The fraction of sp³-hybridized carbons (Fsp3) is 0.292. The molecule has 0 bridgehead atoms. The van der Waals surface area contributed by atoms with E-state index in [4.69, 9.17) is 9.47 Å². The van der Waals surface area contributed by atoms with E-state index in [9.17, 15) is 23.9 Å². The number of amides is 1. The van der Waals surface area contributed by atoms with Crippen LogP contribution in [-0.4, -0.2) is 54.0 Å². The predicted octanol–water partition coefficient (Wildman–Crippen LogP) is 3.21. The Morgan fingerprint density at radius 3 is 2.38 bits per heavy atom. The number of likely N-dealkylation sites (tertiary alicyclic amines) is 1. The second-order valence-electron chi connectivity index (χ2n) is 7.71. The van der Waals surface area contributed by atoms with Crippen molar-refractivity contribution in [2.75, 3.05) is 20.3 Å². The number of hydrogen-bond donors (Lipinski definition) is 1. The van der Waals surface area contributed by atoms with E-state index < -0.39 is 29.5 Å². The van der Waals surface area contributed by atoms with Gasteiger partial charge in [-0.2, -0.15) is 0 Å². The van der Waals surface area contributed by atoms with Crippen LogP contribution < -0.4 is 0 Å². The fourth-order valence-electron chi connectivity index (χ4n) is 4.11. The van der Waals surface area contributed by atoms with Gasteiger partial charge in [-0.25, -0.2) is 9.18 Å². The predicted molar refractivity (Wildman–Crippen MR) is 112 cm³/mol. The summed E-state index contributed by atoms with van der Waals surface area (Å²) >= 11 is 0. The summed E-state index contributed by atoms with van der Waals surface area (Å²) in [6.07, 6.45) is 1.41. The van der Waals surface area contributed by atoms with Crippen LogP contribution >= 0.6 is 0 Å². The van der Waals surface area contributed by atoms with Crippen LogP contribution in [0.3, 0.4) is 0 Å². The van der Waals surface area contributed by atoms with Crippen LogP contribution in [0.15, 0.2) is 54.1 Å². The molecule has 8 heteroatoms. The van der Waals surface area contributed by atoms with Crippen molar-refractivity contribution in [3.63, 3.8) is 0 Å². The number of rotatable bonds is 5. The van der Waals surface area contributed by atoms with Crippen LogP contribution in [0.25, 0.3) is 5.76 Å². The van der Waals surface area contributed by atoms with Gasteiger partial charge in [0.2, 0.25) is 0 Å². The number of hydrogen-bond acceptors (Lipinski definition) is 6. The highest BCUT2D eigenvalue weighted by Crippen LogP contribution is 2.40. The largest absolute Gasteiger partial charge is 0.507 e. The van der Waals surface area contributed by atoms with Crippen molar-refractivity contribution >= 4 is 23.4 Å². The smallest absolute Gasteiger partial charge is 0.337 e. The number of carbonyl (C=O) groups excluding carboxylic acids is 3. The zero-order valence-electron chi connectivity index (χ0n) is 17.4. The fourth-order valence-corrected chi connectivity index (χ4v) is 4.11. The van der Waals surface area contributed by atoms with Gasteiger partial charge in [-0.3, -0.25) is 9.59 Å². The summed E-state index contributed by atoms with van der Waals surface area (Å²) < 4.78 is 23.7. The lowest BCUT2D eigenvalue weighted by molar-refractivity contribution is -0.140. The Balaban J connectivity index is 1.80. The monoisotopic (exact) mass is 439 g/mol. The average molecular weight is 439 g/mol. The molecule has 0 spiro atoms. The van der Waals surface area contributed by atoms with E-state index in [0.29, 0.717) is 17.7 Å². The zero-order chi connectivity index (χ0) is 22.8. The highest BCUT2D eigenvalue weighted by Gasteiger charge is 2.47. The number of benzene rings is 2. The number of Topliss-reactive ketones (excluding diaryl/α,β-unsaturated/α-hetero) is 1. The first kappa shape index (κ1) is 21.7. The van der Waals surface area contributed by atoms with Gasteiger partial charge in [0.15, 0.2) is 0 Å². The number of aliphatic hydroxyl groups excluding tert-OH is 1. The highest BCUT2D eigenvalue weighted by atomic mass is 19.1. The first-order chi connectivity index (χ1) is 15.4. The van der Waals surface area contributed by atoms with Crippen LogP contribution in [0.1, 0.15) is 40.4 Å². The summed E-state index contributed by atoms with van der Waals surface area (Å²) in [7, 11) is 1.27. The molecular weight excluding hydrogens is 417 g/mol. The third-order valence-corrected chi connectivity index (χ3v) is 5.73. The normalized spacial score (nSPS) is 22.4. The molecule has 2 atom stereocenters. The minimum absolute atomic E-state index is 0.0922. The van der Waals surface area contributed by atoms with Crippen molar-refractivity contribution in [2.45, 2.75) is 25.0 Å². The molecule has 2 heterocycles. The molecule has 0 radical (unpaired) electrons. The van der Waals surface area contributed by atoms with Crippen LogP contribution in [0.2, 0.25) is 0 Å². The van der Waals surface area contributed by atoms with E-state index >= 15 is 0 Å². The molecule has 0 saturated carbocycles. The van der Waals surface area contributed by atoms with Gasteiger partial charge in [-0.15, -0.1) is 0 Å². The van der Waals surface area contributed by atoms with E-state index in [2.05, 4.69) is 0 Å². The minimum atomic E-state index is -0.879. The molecule has 1 N–H and O–H groups in total. The number of ketones is 1. The van der Waals surface area contributed by atoms with Gasteiger partial charge in [0.25, 0.3) is 11.7 Å². The number of esters is 1. The molecule has 2 aliphatic rings. The average Bonchev–Trinajstić information content (AvgIpc) is 3.41. The first-order valence-corrected chi connectivity index (χ1v) is 10.2. The molecule has 2 saturated heterocycles. The lowest BCUT2D eigenvalue weighted by Crippen LogP contribution is -2.36. The molecule has 2 unspecified atom stereocenters. The molecule has 2 aromatic carbocycles. The van der Waals surface area contributed by atoms with Gasteiger partial charge in [-0.05, 0) is 54.8 Å².